The minimum absolute atomic E-state index is 0.189. The fourth-order valence-corrected chi connectivity index (χ4v) is 3.50. The van der Waals surface area contributed by atoms with Gasteiger partial charge in [-0.25, -0.2) is 0 Å². The first-order valence-electron chi connectivity index (χ1n) is 10.2. The van der Waals surface area contributed by atoms with Crippen LogP contribution in [0, 0.1) is 0 Å². The Kier molecular flexibility index (Phi) is 6.31. The number of anilines is 1. The van der Waals surface area contributed by atoms with Gasteiger partial charge in [-0.3, -0.25) is 9.59 Å². The van der Waals surface area contributed by atoms with Crippen molar-refractivity contribution in [2.24, 2.45) is 0 Å². The third kappa shape index (κ3) is 4.82. The predicted octanol–water partition coefficient (Wildman–Crippen LogP) is 4.67. The Hall–Kier alpha value is -4.26. The summed E-state index contributed by atoms with van der Waals surface area (Å²) in [5.41, 5.74) is 2.26. The SMILES string of the molecule is COc1ccc(CC(=O)Nc2ccc3oc(-c4ccc(OC)c(OC)c4)cc(=O)c3c2)cc1. The zero-order chi connectivity index (χ0) is 23.4. The number of hydrogen-bond acceptors (Lipinski definition) is 6. The van der Waals surface area contributed by atoms with E-state index >= 15 is 0 Å². The zero-order valence-electron chi connectivity index (χ0n) is 18.5. The van der Waals surface area contributed by atoms with Gasteiger partial charge in [-0.1, -0.05) is 12.1 Å². The van der Waals surface area contributed by atoms with Gasteiger partial charge in [0, 0.05) is 17.3 Å². The van der Waals surface area contributed by atoms with Crippen molar-refractivity contribution in [2.45, 2.75) is 6.42 Å². The van der Waals surface area contributed by atoms with E-state index in [1.807, 2.05) is 12.1 Å². The molecule has 1 amide bonds. The van der Waals surface area contributed by atoms with Crippen LogP contribution in [0.3, 0.4) is 0 Å². The van der Waals surface area contributed by atoms with E-state index in [1.54, 1.807) is 69.9 Å². The summed E-state index contributed by atoms with van der Waals surface area (Å²) in [6, 6.07) is 19.0. The van der Waals surface area contributed by atoms with Gasteiger partial charge in [-0.05, 0) is 54.1 Å². The quantitative estimate of drug-likeness (QED) is 0.445. The minimum Gasteiger partial charge on any atom is -0.497 e. The molecule has 0 fully saturated rings. The number of amides is 1. The molecule has 4 rings (SSSR count). The first-order valence-corrected chi connectivity index (χ1v) is 10.2. The average Bonchev–Trinajstić information content (AvgIpc) is 2.84. The van der Waals surface area contributed by atoms with Crippen molar-refractivity contribution in [3.8, 4) is 28.6 Å². The average molecular weight is 445 g/mol. The number of hydrogen-bond donors (Lipinski definition) is 1. The summed E-state index contributed by atoms with van der Waals surface area (Å²) < 4.78 is 21.7. The lowest BCUT2D eigenvalue weighted by Crippen LogP contribution is -2.14. The number of nitrogens with one attached hydrogen (secondary N) is 1. The molecule has 0 atom stereocenters. The fraction of sp³-hybridized carbons (Fsp3) is 0.154. The summed E-state index contributed by atoms with van der Waals surface area (Å²) in [5.74, 6) is 2.07. The van der Waals surface area contributed by atoms with Crippen LogP contribution in [0.25, 0.3) is 22.3 Å². The largest absolute Gasteiger partial charge is 0.497 e. The second-order valence-electron chi connectivity index (χ2n) is 7.33. The Balaban J connectivity index is 1.56. The van der Waals surface area contributed by atoms with E-state index in [2.05, 4.69) is 5.32 Å². The Morgan fingerprint density at radius 2 is 1.61 bits per heavy atom. The van der Waals surface area contributed by atoms with Crippen LogP contribution in [0.5, 0.6) is 17.2 Å². The Morgan fingerprint density at radius 1 is 0.848 bits per heavy atom. The molecule has 0 aliphatic carbocycles. The van der Waals surface area contributed by atoms with Crippen molar-refractivity contribution in [3.63, 3.8) is 0 Å². The number of carbonyl (C=O) groups is 1. The number of benzene rings is 3. The summed E-state index contributed by atoms with van der Waals surface area (Å²) in [6.45, 7) is 0. The first kappa shape index (κ1) is 22.0. The van der Waals surface area contributed by atoms with E-state index in [4.69, 9.17) is 18.6 Å². The summed E-state index contributed by atoms with van der Waals surface area (Å²) >= 11 is 0. The molecule has 0 saturated carbocycles. The maximum Gasteiger partial charge on any atom is 0.228 e. The molecule has 0 bridgehead atoms. The molecule has 0 saturated heterocycles. The van der Waals surface area contributed by atoms with Crippen LogP contribution in [-0.2, 0) is 11.2 Å². The molecule has 0 aliphatic heterocycles. The van der Waals surface area contributed by atoms with Crippen LogP contribution >= 0.6 is 0 Å². The van der Waals surface area contributed by atoms with Gasteiger partial charge in [-0.2, -0.15) is 0 Å². The number of methoxy groups -OCH3 is 3. The van der Waals surface area contributed by atoms with E-state index in [9.17, 15) is 9.59 Å². The van der Waals surface area contributed by atoms with Gasteiger partial charge in [0.05, 0.1) is 33.1 Å². The van der Waals surface area contributed by atoms with Crippen LogP contribution in [0.2, 0.25) is 0 Å². The van der Waals surface area contributed by atoms with Gasteiger partial charge >= 0.3 is 0 Å². The van der Waals surface area contributed by atoms with Crippen molar-refractivity contribution >= 4 is 22.6 Å². The van der Waals surface area contributed by atoms with E-state index in [-0.39, 0.29) is 17.8 Å². The molecule has 3 aromatic carbocycles. The molecule has 33 heavy (non-hydrogen) atoms. The summed E-state index contributed by atoms with van der Waals surface area (Å²) in [6.07, 6.45) is 0.203. The van der Waals surface area contributed by atoms with E-state index in [0.717, 1.165) is 11.3 Å². The van der Waals surface area contributed by atoms with Crippen molar-refractivity contribution < 1.29 is 23.4 Å². The molecule has 168 valence electrons. The predicted molar refractivity (Wildman–Crippen MR) is 126 cm³/mol. The van der Waals surface area contributed by atoms with Crippen molar-refractivity contribution in [2.75, 3.05) is 26.6 Å². The molecule has 0 radical (unpaired) electrons. The fourth-order valence-electron chi connectivity index (χ4n) is 3.50. The van der Waals surface area contributed by atoms with Gasteiger partial charge in [0.1, 0.15) is 17.1 Å². The van der Waals surface area contributed by atoms with E-state index < -0.39 is 0 Å². The lowest BCUT2D eigenvalue weighted by molar-refractivity contribution is -0.115. The molecule has 0 unspecified atom stereocenters. The van der Waals surface area contributed by atoms with Crippen molar-refractivity contribution in [1.82, 2.24) is 0 Å². The second kappa shape index (κ2) is 9.48. The standard InChI is InChI=1S/C26H23NO6/c1-30-19-8-4-16(5-9-19)12-26(29)27-18-7-11-22-20(14-18)21(28)15-24(33-22)17-6-10-23(31-2)25(13-17)32-3/h4-11,13-15H,12H2,1-3H3,(H,27,29). The molecule has 4 aromatic rings. The van der Waals surface area contributed by atoms with Gasteiger partial charge < -0.3 is 23.9 Å². The lowest BCUT2D eigenvalue weighted by atomic mass is 10.1. The smallest absolute Gasteiger partial charge is 0.228 e. The lowest BCUT2D eigenvalue weighted by Gasteiger charge is -2.10. The molecule has 1 aromatic heterocycles. The Bertz CT molecular complexity index is 1360. The third-order valence-electron chi connectivity index (χ3n) is 5.20. The molecular formula is C26H23NO6. The van der Waals surface area contributed by atoms with Gasteiger partial charge in [0.25, 0.3) is 0 Å². The Labute approximate surface area is 190 Å². The van der Waals surface area contributed by atoms with Gasteiger partial charge in [-0.15, -0.1) is 0 Å². The van der Waals surface area contributed by atoms with Gasteiger partial charge in [0.15, 0.2) is 16.9 Å². The maximum atomic E-state index is 12.8. The highest BCUT2D eigenvalue weighted by Crippen LogP contribution is 2.33. The van der Waals surface area contributed by atoms with Crippen molar-refractivity contribution in [1.29, 1.82) is 0 Å². The van der Waals surface area contributed by atoms with Crippen LogP contribution in [0.4, 0.5) is 5.69 Å². The highest BCUT2D eigenvalue weighted by atomic mass is 16.5. The molecule has 7 nitrogen and oxygen atoms in total. The zero-order valence-corrected chi connectivity index (χ0v) is 18.5. The normalized spacial score (nSPS) is 10.6. The third-order valence-corrected chi connectivity index (χ3v) is 5.20. The molecule has 7 heteroatoms. The maximum absolute atomic E-state index is 12.8. The van der Waals surface area contributed by atoms with Crippen molar-refractivity contribution in [3.05, 3.63) is 82.5 Å². The molecule has 0 aliphatic rings. The van der Waals surface area contributed by atoms with Crippen LogP contribution in [0.1, 0.15) is 5.56 Å². The highest BCUT2D eigenvalue weighted by molar-refractivity contribution is 5.94. The number of fused-ring (bicyclic) bond motifs is 1. The number of ether oxygens (including phenoxy) is 3. The highest BCUT2D eigenvalue weighted by Gasteiger charge is 2.12. The summed E-state index contributed by atoms with van der Waals surface area (Å²) in [4.78, 5) is 25.2. The summed E-state index contributed by atoms with van der Waals surface area (Å²) in [7, 11) is 4.69. The Morgan fingerprint density at radius 3 is 2.30 bits per heavy atom. The molecule has 0 spiro atoms. The summed E-state index contributed by atoms with van der Waals surface area (Å²) in [5, 5.41) is 3.21. The minimum atomic E-state index is -0.215. The number of carbonyl (C=O) groups excluding carboxylic acids is 1. The molecular weight excluding hydrogens is 422 g/mol. The van der Waals surface area contributed by atoms with Gasteiger partial charge in [0.2, 0.25) is 5.91 Å². The topological polar surface area (TPSA) is 87.0 Å². The molecule has 1 heterocycles. The number of rotatable bonds is 7. The van der Waals surface area contributed by atoms with E-state index in [1.165, 1.54) is 6.07 Å². The monoisotopic (exact) mass is 445 g/mol. The van der Waals surface area contributed by atoms with E-state index in [0.29, 0.717) is 39.5 Å². The molecule has 1 N–H and O–H groups in total. The van der Waals surface area contributed by atoms with Crippen LogP contribution < -0.4 is 25.0 Å². The van der Waals surface area contributed by atoms with Crippen LogP contribution in [-0.4, -0.2) is 27.2 Å². The first-order chi connectivity index (χ1) is 16.0. The second-order valence-corrected chi connectivity index (χ2v) is 7.33. The van der Waals surface area contributed by atoms with Crippen LogP contribution in [0.15, 0.2) is 75.9 Å².